The number of hydrogen-bond donors (Lipinski definition) is 1. The Kier molecular flexibility index (Phi) is 5.61. The molecular formula is C17H24N4OS2. The Morgan fingerprint density at radius 2 is 2.25 bits per heavy atom. The molecule has 1 saturated carbocycles. The lowest BCUT2D eigenvalue weighted by Crippen LogP contribution is -2.27. The van der Waals surface area contributed by atoms with Crippen molar-refractivity contribution in [1.29, 1.82) is 0 Å². The van der Waals surface area contributed by atoms with Crippen molar-refractivity contribution in [1.82, 2.24) is 20.1 Å². The summed E-state index contributed by atoms with van der Waals surface area (Å²) in [4.78, 5) is 13.3. The van der Waals surface area contributed by atoms with Gasteiger partial charge in [-0.15, -0.1) is 21.5 Å². The van der Waals surface area contributed by atoms with Crippen molar-refractivity contribution in [3.05, 3.63) is 16.3 Å². The molecule has 0 unspecified atom stereocenters. The SMILES string of the molecule is CCCn1c(SCC(=O)NC2CC2)nnc1-c1csc(C(C)C)c1. The lowest BCUT2D eigenvalue weighted by Gasteiger charge is -2.08. The molecule has 1 N–H and O–H groups in total. The molecule has 2 aromatic heterocycles. The maximum Gasteiger partial charge on any atom is 0.230 e. The fourth-order valence-electron chi connectivity index (χ4n) is 2.43. The lowest BCUT2D eigenvalue weighted by atomic mass is 10.1. The molecule has 24 heavy (non-hydrogen) atoms. The molecule has 1 fully saturated rings. The van der Waals surface area contributed by atoms with Gasteiger partial charge in [0.25, 0.3) is 0 Å². The number of thiophene rings is 1. The molecule has 0 radical (unpaired) electrons. The molecule has 5 nitrogen and oxygen atoms in total. The zero-order chi connectivity index (χ0) is 17.1. The predicted octanol–water partition coefficient (Wildman–Crippen LogP) is 3.91. The highest BCUT2D eigenvalue weighted by Crippen LogP contribution is 2.31. The van der Waals surface area contributed by atoms with Crippen LogP contribution in [0.1, 0.15) is 50.8 Å². The maximum atomic E-state index is 11.9. The molecule has 130 valence electrons. The fourth-order valence-corrected chi connectivity index (χ4v) is 4.11. The van der Waals surface area contributed by atoms with Crippen LogP contribution in [0.2, 0.25) is 0 Å². The second kappa shape index (κ2) is 7.70. The van der Waals surface area contributed by atoms with Crippen LogP contribution in [0.4, 0.5) is 0 Å². The number of rotatable bonds is 8. The summed E-state index contributed by atoms with van der Waals surface area (Å²) in [5, 5.41) is 14.7. The third kappa shape index (κ3) is 4.19. The van der Waals surface area contributed by atoms with Crippen LogP contribution >= 0.6 is 23.1 Å². The van der Waals surface area contributed by atoms with Gasteiger partial charge >= 0.3 is 0 Å². The van der Waals surface area contributed by atoms with Gasteiger partial charge < -0.3 is 9.88 Å². The maximum absolute atomic E-state index is 11.9. The summed E-state index contributed by atoms with van der Waals surface area (Å²) in [6.07, 6.45) is 3.24. The minimum absolute atomic E-state index is 0.0905. The molecule has 0 aliphatic heterocycles. The second-order valence-corrected chi connectivity index (χ2v) is 8.37. The third-order valence-corrected chi connectivity index (χ3v) is 6.09. The lowest BCUT2D eigenvalue weighted by molar-refractivity contribution is -0.118. The van der Waals surface area contributed by atoms with Crippen LogP contribution in [-0.2, 0) is 11.3 Å². The predicted molar refractivity (Wildman–Crippen MR) is 99.6 cm³/mol. The minimum atomic E-state index is 0.0905. The first-order chi connectivity index (χ1) is 11.6. The topological polar surface area (TPSA) is 59.8 Å². The van der Waals surface area contributed by atoms with Crippen molar-refractivity contribution in [2.75, 3.05) is 5.75 Å². The molecule has 0 bridgehead atoms. The van der Waals surface area contributed by atoms with Crippen molar-refractivity contribution in [2.45, 2.75) is 63.7 Å². The van der Waals surface area contributed by atoms with Crippen LogP contribution in [0.5, 0.6) is 0 Å². The van der Waals surface area contributed by atoms with Crippen LogP contribution in [0.25, 0.3) is 11.4 Å². The Hall–Kier alpha value is -1.34. The third-order valence-electron chi connectivity index (χ3n) is 3.89. The molecule has 1 aliphatic carbocycles. The fraction of sp³-hybridized carbons (Fsp3) is 0.588. The van der Waals surface area contributed by atoms with Crippen LogP contribution in [0.3, 0.4) is 0 Å². The number of nitrogens with one attached hydrogen (secondary N) is 1. The van der Waals surface area contributed by atoms with E-state index < -0.39 is 0 Å². The van der Waals surface area contributed by atoms with Gasteiger partial charge in [-0.25, -0.2) is 0 Å². The number of carbonyl (C=O) groups is 1. The summed E-state index contributed by atoms with van der Waals surface area (Å²) in [5.41, 5.74) is 1.12. The van der Waals surface area contributed by atoms with Crippen molar-refractivity contribution in [3.8, 4) is 11.4 Å². The average molecular weight is 365 g/mol. The Balaban J connectivity index is 1.74. The molecule has 2 heterocycles. The van der Waals surface area contributed by atoms with E-state index in [9.17, 15) is 4.79 Å². The van der Waals surface area contributed by atoms with Gasteiger partial charge in [0.2, 0.25) is 5.91 Å². The number of thioether (sulfide) groups is 1. The van der Waals surface area contributed by atoms with Crippen LogP contribution in [-0.4, -0.2) is 32.5 Å². The smallest absolute Gasteiger partial charge is 0.230 e. The van der Waals surface area contributed by atoms with E-state index >= 15 is 0 Å². The summed E-state index contributed by atoms with van der Waals surface area (Å²) in [7, 11) is 0. The summed E-state index contributed by atoms with van der Waals surface area (Å²) < 4.78 is 2.14. The Morgan fingerprint density at radius 1 is 1.46 bits per heavy atom. The first-order valence-electron chi connectivity index (χ1n) is 8.52. The summed E-state index contributed by atoms with van der Waals surface area (Å²) in [6.45, 7) is 7.41. The van der Waals surface area contributed by atoms with Crippen LogP contribution < -0.4 is 5.32 Å². The molecule has 1 amide bonds. The van der Waals surface area contributed by atoms with E-state index in [-0.39, 0.29) is 5.91 Å². The molecule has 0 aromatic carbocycles. The highest BCUT2D eigenvalue weighted by Gasteiger charge is 2.23. The summed E-state index contributed by atoms with van der Waals surface area (Å²) in [6, 6.07) is 2.61. The molecule has 0 spiro atoms. The van der Waals surface area contributed by atoms with Gasteiger partial charge in [-0.05, 0) is 31.2 Å². The number of aromatic nitrogens is 3. The average Bonchev–Trinajstić information content (AvgIpc) is 3.08. The summed E-state index contributed by atoms with van der Waals surface area (Å²) in [5.74, 6) is 1.92. The van der Waals surface area contributed by atoms with Gasteiger partial charge in [0.05, 0.1) is 5.75 Å². The van der Waals surface area contributed by atoms with Gasteiger partial charge in [-0.3, -0.25) is 4.79 Å². The van der Waals surface area contributed by atoms with Gasteiger partial charge in [-0.1, -0.05) is 32.5 Å². The van der Waals surface area contributed by atoms with Crippen molar-refractivity contribution in [3.63, 3.8) is 0 Å². The quantitative estimate of drug-likeness (QED) is 0.722. The Bertz CT molecular complexity index is 703. The molecule has 0 atom stereocenters. The normalized spacial score (nSPS) is 14.3. The second-order valence-electron chi connectivity index (χ2n) is 6.48. The zero-order valence-corrected chi connectivity index (χ0v) is 16.0. The molecule has 0 saturated heterocycles. The molecule has 2 aromatic rings. The van der Waals surface area contributed by atoms with Gasteiger partial charge in [-0.2, -0.15) is 0 Å². The standard InChI is InChI=1S/C17H24N4OS2/c1-4-7-21-16(12-8-14(11(2)3)23-9-12)19-20-17(21)24-10-15(22)18-13-5-6-13/h8-9,11,13H,4-7,10H2,1-3H3,(H,18,22). The highest BCUT2D eigenvalue weighted by molar-refractivity contribution is 7.99. The van der Waals surface area contributed by atoms with Gasteiger partial charge in [0.15, 0.2) is 11.0 Å². The van der Waals surface area contributed by atoms with Crippen molar-refractivity contribution < 1.29 is 4.79 Å². The Morgan fingerprint density at radius 3 is 2.88 bits per heavy atom. The molecule has 7 heteroatoms. The summed E-state index contributed by atoms with van der Waals surface area (Å²) >= 11 is 3.24. The van der Waals surface area contributed by atoms with E-state index in [1.807, 2.05) is 0 Å². The van der Waals surface area contributed by atoms with E-state index in [1.165, 1.54) is 16.6 Å². The first kappa shape index (κ1) is 17.5. The van der Waals surface area contributed by atoms with E-state index in [1.54, 1.807) is 11.3 Å². The molecule has 1 aliphatic rings. The van der Waals surface area contributed by atoms with Crippen molar-refractivity contribution >= 4 is 29.0 Å². The van der Waals surface area contributed by atoms with E-state index in [0.29, 0.717) is 17.7 Å². The number of nitrogens with zero attached hydrogens (tertiary/aromatic N) is 3. The van der Waals surface area contributed by atoms with Gasteiger partial charge in [0.1, 0.15) is 0 Å². The molecular weight excluding hydrogens is 340 g/mol. The van der Waals surface area contributed by atoms with Crippen LogP contribution in [0.15, 0.2) is 16.6 Å². The molecule has 3 rings (SSSR count). The van der Waals surface area contributed by atoms with Crippen LogP contribution in [0, 0.1) is 0 Å². The van der Waals surface area contributed by atoms with E-state index in [4.69, 9.17) is 0 Å². The largest absolute Gasteiger partial charge is 0.353 e. The number of carbonyl (C=O) groups excluding carboxylic acids is 1. The number of hydrogen-bond acceptors (Lipinski definition) is 5. The van der Waals surface area contributed by atoms with Crippen molar-refractivity contribution in [2.24, 2.45) is 0 Å². The highest BCUT2D eigenvalue weighted by atomic mass is 32.2. The van der Waals surface area contributed by atoms with E-state index in [2.05, 4.69) is 52.3 Å². The van der Waals surface area contributed by atoms with Gasteiger partial charge in [0, 0.05) is 28.4 Å². The minimum Gasteiger partial charge on any atom is -0.353 e. The first-order valence-corrected chi connectivity index (χ1v) is 10.4. The Labute approximate surface area is 151 Å². The number of amides is 1. The zero-order valence-electron chi connectivity index (χ0n) is 14.4. The van der Waals surface area contributed by atoms with E-state index in [0.717, 1.165) is 42.4 Å². The monoisotopic (exact) mass is 364 g/mol.